The Balaban J connectivity index is 2.85. The van der Waals surface area contributed by atoms with Crippen molar-refractivity contribution in [3.63, 3.8) is 0 Å². The minimum atomic E-state index is -3.86. The molecule has 5 heteroatoms. The first kappa shape index (κ1) is 10.1. The third kappa shape index (κ3) is 1.84. The van der Waals surface area contributed by atoms with Crippen LogP contribution < -0.4 is 5.14 Å². The van der Waals surface area contributed by atoms with Gasteiger partial charge in [0.25, 0.3) is 0 Å². The number of hydrogen-bond donors (Lipinski definition) is 1. The van der Waals surface area contributed by atoms with Crippen LogP contribution in [0.3, 0.4) is 0 Å². The molecule has 0 amide bonds. The van der Waals surface area contributed by atoms with Crippen LogP contribution in [0.1, 0.15) is 0 Å². The third-order valence-electron chi connectivity index (χ3n) is 2.11. The lowest BCUT2D eigenvalue weighted by Gasteiger charge is -2.02. The first-order valence-electron chi connectivity index (χ1n) is 4.19. The van der Waals surface area contributed by atoms with Crippen LogP contribution in [0.15, 0.2) is 41.3 Å². The first-order chi connectivity index (χ1) is 6.98. The largest absolute Gasteiger partial charge is 0.238 e. The molecule has 0 unspecified atom stereocenters. The molecule has 0 saturated heterocycles. The van der Waals surface area contributed by atoms with Gasteiger partial charge in [0.2, 0.25) is 10.0 Å². The maximum absolute atomic E-state index is 13.5. The van der Waals surface area contributed by atoms with E-state index in [9.17, 15) is 12.8 Å². The van der Waals surface area contributed by atoms with Crippen molar-refractivity contribution < 1.29 is 12.8 Å². The first-order valence-corrected chi connectivity index (χ1v) is 5.74. The van der Waals surface area contributed by atoms with Crippen molar-refractivity contribution in [1.29, 1.82) is 0 Å². The quantitative estimate of drug-likeness (QED) is 0.801. The van der Waals surface area contributed by atoms with Gasteiger partial charge in [-0.1, -0.05) is 24.3 Å². The average Bonchev–Trinajstić information content (AvgIpc) is 2.16. The summed E-state index contributed by atoms with van der Waals surface area (Å²) in [5.41, 5.74) is 0. The van der Waals surface area contributed by atoms with Gasteiger partial charge >= 0.3 is 0 Å². The summed E-state index contributed by atoms with van der Waals surface area (Å²) in [5.74, 6) is -0.586. The minimum absolute atomic E-state index is 0.210. The second kappa shape index (κ2) is 3.29. The summed E-state index contributed by atoms with van der Waals surface area (Å²) >= 11 is 0. The zero-order valence-electron chi connectivity index (χ0n) is 7.64. The Labute approximate surface area is 86.4 Å². The topological polar surface area (TPSA) is 60.2 Å². The van der Waals surface area contributed by atoms with Crippen molar-refractivity contribution in [3.8, 4) is 0 Å². The van der Waals surface area contributed by atoms with E-state index in [1.54, 1.807) is 24.3 Å². The second-order valence-electron chi connectivity index (χ2n) is 3.17. The SMILES string of the molecule is NS(=O)(=O)c1cc(F)c2ccccc2c1. The van der Waals surface area contributed by atoms with Crippen molar-refractivity contribution in [1.82, 2.24) is 0 Å². The molecule has 0 aliphatic rings. The molecule has 0 saturated carbocycles. The number of benzene rings is 2. The third-order valence-corrected chi connectivity index (χ3v) is 3.01. The Hall–Kier alpha value is -1.46. The van der Waals surface area contributed by atoms with E-state index in [2.05, 4.69) is 0 Å². The monoisotopic (exact) mass is 225 g/mol. The molecule has 0 bridgehead atoms. The van der Waals surface area contributed by atoms with Gasteiger partial charge in [-0.3, -0.25) is 0 Å². The summed E-state index contributed by atoms with van der Waals surface area (Å²) in [6.07, 6.45) is 0. The van der Waals surface area contributed by atoms with Gasteiger partial charge in [0, 0.05) is 5.39 Å². The lowest BCUT2D eigenvalue weighted by Crippen LogP contribution is -2.12. The van der Waals surface area contributed by atoms with Gasteiger partial charge < -0.3 is 0 Å². The van der Waals surface area contributed by atoms with Gasteiger partial charge in [0.1, 0.15) is 5.82 Å². The number of hydrogen-bond acceptors (Lipinski definition) is 2. The van der Waals surface area contributed by atoms with E-state index in [1.165, 1.54) is 6.07 Å². The van der Waals surface area contributed by atoms with E-state index < -0.39 is 15.8 Å². The molecule has 3 nitrogen and oxygen atoms in total. The molecule has 0 heterocycles. The molecule has 0 aliphatic carbocycles. The predicted octanol–water partition coefficient (Wildman–Crippen LogP) is 1.63. The van der Waals surface area contributed by atoms with E-state index in [4.69, 9.17) is 5.14 Å². The fourth-order valence-corrected chi connectivity index (χ4v) is 1.96. The molecule has 0 fully saturated rings. The predicted molar refractivity (Wildman–Crippen MR) is 55.3 cm³/mol. The highest BCUT2D eigenvalue weighted by molar-refractivity contribution is 7.89. The molecular weight excluding hydrogens is 217 g/mol. The van der Waals surface area contributed by atoms with Crippen LogP contribution in [-0.4, -0.2) is 8.42 Å². The zero-order chi connectivity index (χ0) is 11.1. The molecule has 2 aromatic carbocycles. The van der Waals surface area contributed by atoms with E-state index >= 15 is 0 Å². The van der Waals surface area contributed by atoms with Crippen LogP contribution >= 0.6 is 0 Å². The summed E-state index contributed by atoms with van der Waals surface area (Å²) in [5, 5.41) is 5.82. The van der Waals surface area contributed by atoms with Gasteiger partial charge in [0.15, 0.2) is 0 Å². The minimum Gasteiger partial charge on any atom is -0.225 e. The van der Waals surface area contributed by atoms with E-state index in [0.29, 0.717) is 10.8 Å². The molecule has 0 aliphatic heterocycles. The standard InChI is InChI=1S/C10H8FNO2S/c11-10-6-8(15(12,13)14)5-7-3-1-2-4-9(7)10/h1-6H,(H2,12,13,14). The Morgan fingerprint density at radius 3 is 2.47 bits per heavy atom. The highest BCUT2D eigenvalue weighted by Gasteiger charge is 2.11. The number of nitrogens with two attached hydrogens (primary N) is 1. The van der Waals surface area contributed by atoms with Gasteiger partial charge in [-0.15, -0.1) is 0 Å². The van der Waals surface area contributed by atoms with E-state index in [0.717, 1.165) is 6.07 Å². The van der Waals surface area contributed by atoms with Crippen LogP contribution in [0.4, 0.5) is 4.39 Å². The Kier molecular flexibility index (Phi) is 2.21. The number of rotatable bonds is 1. The van der Waals surface area contributed by atoms with Crippen LogP contribution in [0.25, 0.3) is 10.8 Å². The summed E-state index contributed by atoms with van der Waals surface area (Å²) in [6.45, 7) is 0. The van der Waals surface area contributed by atoms with Gasteiger partial charge in [-0.05, 0) is 17.5 Å². The van der Waals surface area contributed by atoms with Crippen LogP contribution in [0, 0.1) is 5.82 Å². The van der Waals surface area contributed by atoms with Crippen molar-refractivity contribution in [2.75, 3.05) is 0 Å². The molecule has 0 atom stereocenters. The molecule has 2 aromatic rings. The zero-order valence-corrected chi connectivity index (χ0v) is 8.46. The molecule has 0 aromatic heterocycles. The smallest absolute Gasteiger partial charge is 0.225 e. The van der Waals surface area contributed by atoms with Gasteiger partial charge in [-0.2, -0.15) is 0 Å². The van der Waals surface area contributed by atoms with Crippen molar-refractivity contribution in [3.05, 3.63) is 42.2 Å². The molecule has 2 N–H and O–H groups in total. The fourth-order valence-electron chi connectivity index (χ4n) is 1.40. The highest BCUT2D eigenvalue weighted by atomic mass is 32.2. The Bertz CT molecular complexity index is 622. The van der Waals surface area contributed by atoms with Crippen molar-refractivity contribution in [2.45, 2.75) is 4.90 Å². The van der Waals surface area contributed by atoms with E-state index in [1.807, 2.05) is 0 Å². The maximum Gasteiger partial charge on any atom is 0.238 e. The van der Waals surface area contributed by atoms with E-state index in [-0.39, 0.29) is 4.90 Å². The molecule has 0 spiro atoms. The van der Waals surface area contributed by atoms with Crippen molar-refractivity contribution >= 4 is 20.8 Å². The molecule has 2 rings (SSSR count). The number of halogens is 1. The second-order valence-corrected chi connectivity index (χ2v) is 4.73. The summed E-state index contributed by atoms with van der Waals surface area (Å²) in [4.78, 5) is -0.210. The highest BCUT2D eigenvalue weighted by Crippen LogP contribution is 2.21. The van der Waals surface area contributed by atoms with Crippen LogP contribution in [0.5, 0.6) is 0 Å². The van der Waals surface area contributed by atoms with Crippen LogP contribution in [-0.2, 0) is 10.0 Å². The Morgan fingerprint density at radius 2 is 1.80 bits per heavy atom. The fraction of sp³-hybridized carbons (Fsp3) is 0. The maximum atomic E-state index is 13.5. The average molecular weight is 225 g/mol. The summed E-state index contributed by atoms with van der Waals surface area (Å²) in [7, 11) is -3.86. The number of primary sulfonamides is 1. The van der Waals surface area contributed by atoms with Crippen molar-refractivity contribution in [2.24, 2.45) is 5.14 Å². The molecular formula is C10H8FNO2S. The number of fused-ring (bicyclic) bond motifs is 1. The summed E-state index contributed by atoms with van der Waals surface area (Å²) < 4.78 is 35.5. The number of sulfonamides is 1. The van der Waals surface area contributed by atoms with Gasteiger partial charge in [0.05, 0.1) is 4.90 Å². The molecule has 78 valence electrons. The van der Waals surface area contributed by atoms with Crippen LogP contribution in [0.2, 0.25) is 0 Å². The molecule has 15 heavy (non-hydrogen) atoms. The lowest BCUT2D eigenvalue weighted by atomic mass is 10.1. The Morgan fingerprint density at radius 1 is 1.13 bits per heavy atom. The van der Waals surface area contributed by atoms with Gasteiger partial charge in [-0.25, -0.2) is 17.9 Å². The molecule has 0 radical (unpaired) electrons. The lowest BCUT2D eigenvalue weighted by molar-refractivity contribution is 0.594. The normalized spacial score (nSPS) is 11.9. The summed E-state index contributed by atoms with van der Waals surface area (Å²) in [6, 6.07) is 8.88.